The first-order valence-corrected chi connectivity index (χ1v) is 12.3. The van der Waals surface area contributed by atoms with E-state index in [2.05, 4.69) is 0 Å². The van der Waals surface area contributed by atoms with Crippen molar-refractivity contribution >= 4 is 12.4 Å². The molecule has 0 aliphatic carbocycles. The van der Waals surface area contributed by atoms with Gasteiger partial charge in [-0.1, -0.05) is 89.9 Å². The molecule has 0 rings (SSSR count). The first-order chi connectivity index (χ1) is 13.7. The van der Waals surface area contributed by atoms with Crippen molar-refractivity contribution in [1.29, 1.82) is 0 Å². The van der Waals surface area contributed by atoms with Crippen LogP contribution in [0.25, 0.3) is 0 Å². The summed E-state index contributed by atoms with van der Waals surface area (Å²) in [6.45, 7) is 1.29. The maximum absolute atomic E-state index is 9.32. The van der Waals surface area contributed by atoms with Gasteiger partial charge in [0.2, 0.25) is 0 Å². The molecule has 29 heavy (non-hydrogen) atoms. The van der Waals surface area contributed by atoms with E-state index in [-0.39, 0.29) is 37.6 Å². The summed E-state index contributed by atoms with van der Waals surface area (Å²) >= 11 is 0. The number of halogens is 1. The van der Waals surface area contributed by atoms with Gasteiger partial charge in [-0.2, -0.15) is 0 Å². The Kier molecular flexibility index (Phi) is 26.3. The van der Waals surface area contributed by atoms with Gasteiger partial charge in [-0.3, -0.25) is 0 Å². The number of aliphatic hydroxyl groups is 3. The van der Waals surface area contributed by atoms with Crippen LogP contribution in [0.4, 0.5) is 0 Å². The number of hydrogen-bond acceptors (Lipinski definition) is 4. The second kappa shape index (κ2) is 24.4. The van der Waals surface area contributed by atoms with Crippen molar-refractivity contribution in [2.75, 3.05) is 26.4 Å². The quantitative estimate of drug-likeness (QED) is 0.153. The van der Waals surface area contributed by atoms with Crippen LogP contribution >= 0.6 is 12.4 Å². The third-order valence-corrected chi connectivity index (χ3v) is 6.34. The average molecular weight is 438 g/mol. The maximum atomic E-state index is 9.32. The Morgan fingerprint density at radius 1 is 0.414 bits per heavy atom. The van der Waals surface area contributed by atoms with E-state index in [1.165, 1.54) is 89.9 Å². The average Bonchev–Trinajstić information content (AvgIpc) is 2.68. The lowest BCUT2D eigenvalue weighted by Gasteiger charge is -2.32. The molecule has 4 nitrogen and oxygen atoms in total. The van der Waals surface area contributed by atoms with E-state index in [1.54, 1.807) is 0 Å². The van der Waals surface area contributed by atoms with Crippen LogP contribution in [-0.4, -0.2) is 41.7 Å². The zero-order valence-electron chi connectivity index (χ0n) is 19.1. The summed E-state index contributed by atoms with van der Waals surface area (Å²) in [7, 11) is 0. The minimum absolute atomic E-state index is 0. The summed E-state index contributed by atoms with van der Waals surface area (Å²) in [5.41, 5.74) is 5.44. The second-order valence-electron chi connectivity index (χ2n) is 8.76. The molecule has 0 saturated heterocycles. The molecule has 5 heteroatoms. The summed E-state index contributed by atoms with van der Waals surface area (Å²) in [5.74, 6) is 0. The van der Waals surface area contributed by atoms with Crippen LogP contribution in [0.2, 0.25) is 0 Å². The highest BCUT2D eigenvalue weighted by molar-refractivity contribution is 5.85. The van der Waals surface area contributed by atoms with Crippen molar-refractivity contribution in [2.45, 2.75) is 122 Å². The largest absolute Gasteiger partial charge is 0.396 e. The molecular weight excluding hydrogens is 386 g/mol. The standard InChI is InChI=1S/C24H51NO3.ClH/c25-20-15-13-11-9-7-5-3-1-2-4-6-8-10-12-14-16-24(17-21-26,18-22-27)19-23-28;/h26-28H,1-23,25H2;1H. The predicted molar refractivity (Wildman–Crippen MR) is 128 cm³/mol. The fourth-order valence-electron chi connectivity index (χ4n) is 4.40. The van der Waals surface area contributed by atoms with Crippen molar-refractivity contribution in [2.24, 2.45) is 11.1 Å². The molecule has 0 aliphatic rings. The van der Waals surface area contributed by atoms with Gasteiger partial charge in [-0.05, 0) is 44.1 Å². The summed E-state index contributed by atoms with van der Waals surface area (Å²) in [5, 5.41) is 28.0. The Balaban J connectivity index is 0. The minimum atomic E-state index is -0.0668. The second-order valence-corrected chi connectivity index (χ2v) is 8.76. The summed E-state index contributed by atoms with van der Waals surface area (Å²) in [6.07, 6.45) is 23.1. The molecule has 0 bridgehead atoms. The van der Waals surface area contributed by atoms with Crippen LogP contribution in [0.15, 0.2) is 0 Å². The first kappa shape index (κ1) is 31.3. The molecule has 0 spiro atoms. The molecule has 0 heterocycles. The Bertz CT molecular complexity index is 289. The number of nitrogens with two attached hydrogens (primary N) is 1. The van der Waals surface area contributed by atoms with Gasteiger partial charge in [-0.25, -0.2) is 0 Å². The monoisotopic (exact) mass is 437 g/mol. The van der Waals surface area contributed by atoms with Gasteiger partial charge < -0.3 is 21.1 Å². The molecule has 0 aromatic carbocycles. The van der Waals surface area contributed by atoms with Crippen LogP contribution in [0.1, 0.15) is 122 Å². The van der Waals surface area contributed by atoms with Gasteiger partial charge in [0.15, 0.2) is 0 Å². The Hall–Kier alpha value is 0.130. The molecule has 0 fully saturated rings. The third kappa shape index (κ3) is 19.8. The summed E-state index contributed by atoms with van der Waals surface area (Å²) in [4.78, 5) is 0. The molecule has 178 valence electrons. The zero-order chi connectivity index (χ0) is 20.8. The van der Waals surface area contributed by atoms with E-state index in [0.29, 0.717) is 19.3 Å². The normalized spacial score (nSPS) is 11.6. The minimum Gasteiger partial charge on any atom is -0.396 e. The van der Waals surface area contributed by atoms with Crippen LogP contribution in [0, 0.1) is 5.41 Å². The molecule has 0 aromatic heterocycles. The van der Waals surface area contributed by atoms with Crippen LogP contribution in [0.5, 0.6) is 0 Å². The number of aliphatic hydroxyl groups excluding tert-OH is 3. The summed E-state index contributed by atoms with van der Waals surface area (Å²) < 4.78 is 0. The maximum Gasteiger partial charge on any atom is 0.0436 e. The fraction of sp³-hybridized carbons (Fsp3) is 1.00. The molecule has 0 unspecified atom stereocenters. The lowest BCUT2D eigenvalue weighted by molar-refractivity contribution is 0.0885. The van der Waals surface area contributed by atoms with Crippen LogP contribution < -0.4 is 5.73 Å². The highest BCUT2D eigenvalue weighted by atomic mass is 35.5. The molecule has 0 atom stereocenters. The number of unbranched alkanes of at least 4 members (excludes halogenated alkanes) is 14. The SMILES string of the molecule is Cl.NCCCCCCCCCCCCCCCCCC(CCO)(CCO)CCO. The number of hydrogen-bond donors (Lipinski definition) is 4. The Morgan fingerprint density at radius 2 is 0.690 bits per heavy atom. The zero-order valence-corrected chi connectivity index (χ0v) is 19.9. The predicted octanol–water partition coefficient (Wildman–Crippen LogP) is 5.74. The highest BCUT2D eigenvalue weighted by Gasteiger charge is 2.27. The van der Waals surface area contributed by atoms with E-state index in [4.69, 9.17) is 5.73 Å². The van der Waals surface area contributed by atoms with Crippen molar-refractivity contribution in [3.8, 4) is 0 Å². The fourth-order valence-corrected chi connectivity index (χ4v) is 4.40. The smallest absolute Gasteiger partial charge is 0.0436 e. The topological polar surface area (TPSA) is 86.7 Å². The third-order valence-electron chi connectivity index (χ3n) is 6.34. The van der Waals surface area contributed by atoms with E-state index in [1.807, 2.05) is 0 Å². The first-order valence-electron chi connectivity index (χ1n) is 12.3. The molecule has 0 aromatic rings. The van der Waals surface area contributed by atoms with E-state index in [9.17, 15) is 15.3 Å². The van der Waals surface area contributed by atoms with Gasteiger partial charge in [0.25, 0.3) is 0 Å². The van der Waals surface area contributed by atoms with E-state index < -0.39 is 0 Å². The van der Waals surface area contributed by atoms with Crippen molar-refractivity contribution in [3.63, 3.8) is 0 Å². The molecule has 0 radical (unpaired) electrons. The van der Waals surface area contributed by atoms with Gasteiger partial charge in [-0.15, -0.1) is 12.4 Å². The number of rotatable bonds is 23. The highest BCUT2D eigenvalue weighted by Crippen LogP contribution is 2.36. The molecule has 5 N–H and O–H groups in total. The molecule has 0 saturated carbocycles. The molecule has 0 amide bonds. The van der Waals surface area contributed by atoms with Gasteiger partial charge in [0.1, 0.15) is 0 Å². The van der Waals surface area contributed by atoms with Gasteiger partial charge in [0.05, 0.1) is 0 Å². The van der Waals surface area contributed by atoms with Crippen molar-refractivity contribution in [3.05, 3.63) is 0 Å². The van der Waals surface area contributed by atoms with Gasteiger partial charge >= 0.3 is 0 Å². The Morgan fingerprint density at radius 3 is 0.966 bits per heavy atom. The van der Waals surface area contributed by atoms with Crippen LogP contribution in [0.3, 0.4) is 0 Å². The Labute approximate surface area is 187 Å². The lowest BCUT2D eigenvalue weighted by atomic mass is 9.74. The van der Waals surface area contributed by atoms with Crippen LogP contribution in [-0.2, 0) is 0 Å². The van der Waals surface area contributed by atoms with Crippen molar-refractivity contribution in [1.82, 2.24) is 0 Å². The summed E-state index contributed by atoms with van der Waals surface area (Å²) in [6, 6.07) is 0. The van der Waals surface area contributed by atoms with Crippen molar-refractivity contribution < 1.29 is 15.3 Å². The molecular formula is C24H52ClNO3. The van der Waals surface area contributed by atoms with Gasteiger partial charge in [0, 0.05) is 19.8 Å². The lowest BCUT2D eigenvalue weighted by Crippen LogP contribution is -2.25. The molecule has 0 aliphatic heterocycles. The van der Waals surface area contributed by atoms with E-state index in [0.717, 1.165) is 19.4 Å². The van der Waals surface area contributed by atoms with E-state index >= 15 is 0 Å².